The van der Waals surface area contributed by atoms with E-state index in [2.05, 4.69) is 25.7 Å². The SMILES string of the molecule is CCOc1cc(/C=N\Nc2nnc(C)c(=O)[nH]2)cc(Cl)c1OCC(=O)N(C)C. The quantitative estimate of drug-likeness (QED) is 0.500. The van der Waals surface area contributed by atoms with Crippen LogP contribution in [-0.2, 0) is 4.79 Å². The molecule has 0 bridgehead atoms. The molecule has 11 heteroatoms. The first-order valence-electron chi connectivity index (χ1n) is 8.33. The van der Waals surface area contributed by atoms with Gasteiger partial charge in [0.1, 0.15) is 5.69 Å². The zero-order valence-electron chi connectivity index (χ0n) is 15.9. The van der Waals surface area contributed by atoms with E-state index < -0.39 is 0 Å². The Labute approximate surface area is 166 Å². The van der Waals surface area contributed by atoms with Crippen LogP contribution < -0.4 is 20.5 Å². The van der Waals surface area contributed by atoms with Gasteiger partial charge < -0.3 is 14.4 Å². The first-order chi connectivity index (χ1) is 13.3. The molecule has 2 aromatic rings. The van der Waals surface area contributed by atoms with Gasteiger partial charge in [-0.05, 0) is 31.5 Å². The highest BCUT2D eigenvalue weighted by Crippen LogP contribution is 2.36. The number of halogens is 1. The number of aryl methyl sites for hydroxylation is 1. The average molecular weight is 409 g/mol. The summed E-state index contributed by atoms with van der Waals surface area (Å²) >= 11 is 6.29. The monoisotopic (exact) mass is 408 g/mol. The van der Waals surface area contributed by atoms with Crippen molar-refractivity contribution in [3.8, 4) is 11.5 Å². The number of rotatable bonds is 8. The van der Waals surface area contributed by atoms with Crippen molar-refractivity contribution < 1.29 is 14.3 Å². The zero-order valence-corrected chi connectivity index (χ0v) is 16.7. The van der Waals surface area contributed by atoms with Crippen LogP contribution in [0.2, 0.25) is 5.02 Å². The number of hydrogen-bond donors (Lipinski definition) is 2. The van der Waals surface area contributed by atoms with Crippen molar-refractivity contribution in [2.24, 2.45) is 5.10 Å². The molecule has 0 saturated carbocycles. The number of nitrogens with one attached hydrogen (secondary N) is 2. The van der Waals surface area contributed by atoms with E-state index in [1.54, 1.807) is 33.2 Å². The summed E-state index contributed by atoms with van der Waals surface area (Å²) in [4.78, 5) is 27.1. The fourth-order valence-corrected chi connectivity index (χ4v) is 2.21. The van der Waals surface area contributed by atoms with Crippen LogP contribution in [0.4, 0.5) is 5.95 Å². The topological polar surface area (TPSA) is 122 Å². The molecule has 0 fully saturated rings. The van der Waals surface area contributed by atoms with Gasteiger partial charge in [-0.3, -0.25) is 14.6 Å². The van der Waals surface area contributed by atoms with E-state index >= 15 is 0 Å². The average Bonchev–Trinajstić information content (AvgIpc) is 2.64. The predicted molar refractivity (Wildman–Crippen MR) is 105 cm³/mol. The molecular weight excluding hydrogens is 388 g/mol. The largest absolute Gasteiger partial charge is 0.490 e. The van der Waals surface area contributed by atoms with Gasteiger partial charge in [-0.1, -0.05) is 11.6 Å². The Hall–Kier alpha value is -3.14. The third-order valence-electron chi connectivity index (χ3n) is 3.42. The molecule has 2 N–H and O–H groups in total. The summed E-state index contributed by atoms with van der Waals surface area (Å²) in [5, 5.41) is 11.7. The minimum atomic E-state index is -0.358. The number of H-pyrrole nitrogens is 1. The number of aromatic amines is 1. The van der Waals surface area contributed by atoms with Crippen molar-refractivity contribution in [3.05, 3.63) is 38.8 Å². The first kappa shape index (κ1) is 21.2. The van der Waals surface area contributed by atoms with E-state index in [1.165, 1.54) is 11.1 Å². The van der Waals surface area contributed by atoms with Crippen LogP contribution in [0.15, 0.2) is 22.0 Å². The maximum absolute atomic E-state index is 11.7. The number of likely N-dealkylation sites (N-methyl/N-ethyl adjacent to an activating group) is 1. The van der Waals surface area contributed by atoms with E-state index in [-0.39, 0.29) is 40.5 Å². The Bertz CT molecular complexity index is 928. The molecule has 1 aromatic carbocycles. The van der Waals surface area contributed by atoms with Crippen LogP contribution >= 0.6 is 11.6 Å². The third kappa shape index (κ3) is 5.68. The number of amides is 1. The van der Waals surface area contributed by atoms with Crippen molar-refractivity contribution >= 4 is 29.7 Å². The Morgan fingerprint density at radius 1 is 1.36 bits per heavy atom. The highest BCUT2D eigenvalue weighted by molar-refractivity contribution is 6.32. The minimum absolute atomic E-state index is 0.102. The predicted octanol–water partition coefficient (Wildman–Crippen LogP) is 1.44. The molecule has 0 atom stereocenters. The number of carbonyl (C=O) groups excluding carboxylic acids is 1. The number of aromatic nitrogens is 3. The molecule has 0 radical (unpaired) electrons. The molecule has 0 saturated heterocycles. The van der Waals surface area contributed by atoms with E-state index in [9.17, 15) is 9.59 Å². The fourth-order valence-electron chi connectivity index (χ4n) is 1.94. The van der Waals surface area contributed by atoms with Gasteiger partial charge >= 0.3 is 0 Å². The van der Waals surface area contributed by atoms with Crippen LogP contribution in [0.25, 0.3) is 0 Å². The first-order valence-corrected chi connectivity index (χ1v) is 8.71. The molecule has 10 nitrogen and oxygen atoms in total. The van der Waals surface area contributed by atoms with Gasteiger partial charge in [-0.25, -0.2) is 5.43 Å². The summed E-state index contributed by atoms with van der Waals surface area (Å²) < 4.78 is 11.1. The van der Waals surface area contributed by atoms with Crippen molar-refractivity contribution in [1.29, 1.82) is 0 Å². The van der Waals surface area contributed by atoms with Crippen molar-refractivity contribution in [3.63, 3.8) is 0 Å². The summed E-state index contributed by atoms with van der Waals surface area (Å²) in [7, 11) is 3.27. The normalized spacial score (nSPS) is 10.8. The second-order valence-electron chi connectivity index (χ2n) is 5.80. The number of hydrogen-bond acceptors (Lipinski definition) is 8. The molecule has 0 aliphatic heterocycles. The number of benzene rings is 1. The molecule has 0 aliphatic rings. The van der Waals surface area contributed by atoms with Crippen LogP contribution in [0, 0.1) is 6.92 Å². The molecular formula is C17H21ClN6O4. The Morgan fingerprint density at radius 3 is 2.75 bits per heavy atom. The molecule has 2 rings (SSSR count). The number of carbonyl (C=O) groups is 1. The van der Waals surface area contributed by atoms with E-state index in [4.69, 9.17) is 21.1 Å². The fraction of sp³-hybridized carbons (Fsp3) is 0.353. The standard InChI is InChI=1S/C17H21ClN6O4/c1-5-27-13-7-11(6-12(18)15(13)28-9-14(25)24(3)4)8-19-22-17-20-16(26)10(2)21-23-17/h6-8H,5,9H2,1-4H3,(H2,20,22,23,26)/b19-8-. The van der Waals surface area contributed by atoms with Gasteiger partial charge in [0.05, 0.1) is 17.8 Å². The maximum Gasteiger partial charge on any atom is 0.274 e. The van der Waals surface area contributed by atoms with E-state index in [0.717, 1.165) is 0 Å². The summed E-state index contributed by atoms with van der Waals surface area (Å²) in [5.74, 6) is 0.552. The number of hydrazone groups is 1. The van der Waals surface area contributed by atoms with Gasteiger partial charge in [0.2, 0.25) is 5.95 Å². The molecule has 0 aliphatic carbocycles. The van der Waals surface area contributed by atoms with Crippen LogP contribution in [0.3, 0.4) is 0 Å². The second kappa shape index (κ2) is 9.70. The minimum Gasteiger partial charge on any atom is -0.490 e. The van der Waals surface area contributed by atoms with Crippen LogP contribution in [-0.4, -0.2) is 59.5 Å². The van der Waals surface area contributed by atoms with E-state index in [1.807, 2.05) is 6.92 Å². The van der Waals surface area contributed by atoms with Gasteiger partial charge in [0.25, 0.3) is 11.5 Å². The second-order valence-corrected chi connectivity index (χ2v) is 6.21. The molecule has 150 valence electrons. The summed E-state index contributed by atoms with van der Waals surface area (Å²) in [6, 6.07) is 3.27. The lowest BCUT2D eigenvalue weighted by atomic mass is 10.2. The molecule has 1 aromatic heterocycles. The Morgan fingerprint density at radius 2 is 2.11 bits per heavy atom. The lowest BCUT2D eigenvalue weighted by Crippen LogP contribution is -2.27. The highest BCUT2D eigenvalue weighted by atomic mass is 35.5. The van der Waals surface area contributed by atoms with Crippen LogP contribution in [0.5, 0.6) is 11.5 Å². The van der Waals surface area contributed by atoms with Gasteiger partial charge in [-0.15, -0.1) is 10.2 Å². The highest BCUT2D eigenvalue weighted by Gasteiger charge is 2.14. The number of anilines is 1. The molecule has 0 unspecified atom stereocenters. The molecule has 1 heterocycles. The van der Waals surface area contributed by atoms with E-state index in [0.29, 0.717) is 17.9 Å². The Balaban J connectivity index is 2.17. The van der Waals surface area contributed by atoms with Crippen molar-refractivity contribution in [2.75, 3.05) is 32.7 Å². The lowest BCUT2D eigenvalue weighted by molar-refractivity contribution is -0.130. The van der Waals surface area contributed by atoms with Crippen LogP contribution in [0.1, 0.15) is 18.2 Å². The number of ether oxygens (including phenoxy) is 2. The zero-order chi connectivity index (χ0) is 20.7. The maximum atomic E-state index is 11.7. The molecule has 0 spiro atoms. The number of nitrogens with zero attached hydrogens (tertiary/aromatic N) is 4. The lowest BCUT2D eigenvalue weighted by Gasteiger charge is -2.16. The summed E-state index contributed by atoms with van der Waals surface area (Å²) in [6.07, 6.45) is 1.46. The molecule has 1 amide bonds. The Kier molecular flexibility index (Phi) is 7.33. The molecule has 28 heavy (non-hydrogen) atoms. The van der Waals surface area contributed by atoms with Gasteiger partial charge in [0.15, 0.2) is 18.1 Å². The third-order valence-corrected chi connectivity index (χ3v) is 3.70. The van der Waals surface area contributed by atoms with Crippen molar-refractivity contribution in [1.82, 2.24) is 20.1 Å². The van der Waals surface area contributed by atoms with Gasteiger partial charge in [0, 0.05) is 14.1 Å². The smallest absolute Gasteiger partial charge is 0.274 e. The van der Waals surface area contributed by atoms with Crippen molar-refractivity contribution in [2.45, 2.75) is 13.8 Å². The van der Waals surface area contributed by atoms with Gasteiger partial charge in [-0.2, -0.15) is 5.10 Å². The summed E-state index contributed by atoms with van der Waals surface area (Å²) in [6.45, 7) is 3.58. The summed E-state index contributed by atoms with van der Waals surface area (Å²) in [5.41, 5.74) is 3.08.